The molecule has 0 heterocycles. The number of carbonyl (C=O) groups excluding carboxylic acids is 1. The maximum Gasteiger partial charge on any atom is 0.364 e. The number of nitrogens with zero attached hydrogens (tertiary/aromatic N) is 1. The molecule has 4 nitrogen and oxygen atoms in total. The van der Waals surface area contributed by atoms with Crippen LogP contribution in [-0.4, -0.2) is 43.8 Å². The second kappa shape index (κ2) is 19.7. The first kappa shape index (κ1) is 32.9. The molecule has 0 amide bonds. The van der Waals surface area contributed by atoms with Gasteiger partial charge >= 0.3 is 5.97 Å². The van der Waals surface area contributed by atoms with Crippen molar-refractivity contribution >= 4 is 5.97 Å². The summed E-state index contributed by atoms with van der Waals surface area (Å²) in [6, 6.07) is 18.8. The fourth-order valence-corrected chi connectivity index (χ4v) is 5.34. The minimum absolute atomic E-state index is 0.0997. The number of hydrogen-bond acceptors (Lipinski definition) is 3. The number of likely N-dealkylation sites (N-methyl/N-ethyl adjacent to an activating group) is 1. The Balaban J connectivity index is 1.54. The molecule has 0 saturated carbocycles. The van der Waals surface area contributed by atoms with Crippen LogP contribution in [0.2, 0.25) is 0 Å². The summed E-state index contributed by atoms with van der Waals surface area (Å²) in [5.74, 6) is 0.821. The summed E-state index contributed by atoms with van der Waals surface area (Å²) >= 11 is 0. The maximum absolute atomic E-state index is 12.8. The summed E-state index contributed by atoms with van der Waals surface area (Å²) in [6.07, 6.45) is 17.3. The third-order valence-electron chi connectivity index (χ3n) is 7.73. The average molecular weight is 539 g/mol. The van der Waals surface area contributed by atoms with Gasteiger partial charge in [-0.05, 0) is 43.4 Å². The lowest BCUT2D eigenvalue weighted by Crippen LogP contribution is -2.52. The number of esters is 1. The Kier molecular flexibility index (Phi) is 16.6. The molecule has 0 fully saturated rings. The van der Waals surface area contributed by atoms with Gasteiger partial charge in [-0.3, -0.25) is 0 Å². The number of ether oxygens (including phenoxy) is 2. The monoisotopic (exact) mass is 538 g/mol. The minimum atomic E-state index is -0.166. The van der Waals surface area contributed by atoms with Gasteiger partial charge < -0.3 is 14.0 Å². The highest BCUT2D eigenvalue weighted by Crippen LogP contribution is 2.19. The van der Waals surface area contributed by atoms with E-state index in [1.165, 1.54) is 75.3 Å². The standard InChI is InChI=1S/C35H56NO3/c1-5-7-8-9-10-11-12-13-14-16-21-31-24-26-33(27-25-31)38-28-19-20-29-39-35(37)34(6-2)36(3,4)30-32-22-17-15-18-23-32/h15,17-18,22-27,34H,5-14,16,19-21,28-30H2,1-4H3/q+1. The molecular formula is C35H56NO3+. The molecule has 2 rings (SSSR count). The molecule has 0 radical (unpaired) electrons. The molecule has 1 atom stereocenters. The minimum Gasteiger partial charge on any atom is -0.494 e. The van der Waals surface area contributed by atoms with Crippen LogP contribution in [0.25, 0.3) is 0 Å². The zero-order valence-corrected chi connectivity index (χ0v) is 25.5. The zero-order chi connectivity index (χ0) is 28.2. The molecule has 0 saturated heterocycles. The van der Waals surface area contributed by atoms with Gasteiger partial charge in [0.05, 0.1) is 27.3 Å². The highest BCUT2D eigenvalue weighted by atomic mass is 16.5. The Labute approximate surface area is 239 Å². The van der Waals surface area contributed by atoms with Crippen LogP contribution in [0, 0.1) is 0 Å². The van der Waals surface area contributed by atoms with E-state index in [0.717, 1.165) is 38.0 Å². The molecular weight excluding hydrogens is 482 g/mol. The predicted molar refractivity (Wildman–Crippen MR) is 164 cm³/mol. The predicted octanol–water partition coefficient (Wildman–Crippen LogP) is 8.91. The highest BCUT2D eigenvalue weighted by molar-refractivity contribution is 5.74. The van der Waals surface area contributed by atoms with Crippen LogP contribution in [0.3, 0.4) is 0 Å². The van der Waals surface area contributed by atoms with E-state index < -0.39 is 0 Å². The van der Waals surface area contributed by atoms with Crippen LogP contribution >= 0.6 is 0 Å². The molecule has 0 aliphatic heterocycles. The third-order valence-corrected chi connectivity index (χ3v) is 7.73. The van der Waals surface area contributed by atoms with E-state index in [1.807, 2.05) is 18.2 Å². The zero-order valence-electron chi connectivity index (χ0n) is 25.5. The fourth-order valence-electron chi connectivity index (χ4n) is 5.34. The first-order valence-electron chi connectivity index (χ1n) is 15.7. The molecule has 0 aromatic heterocycles. The number of rotatable bonds is 22. The topological polar surface area (TPSA) is 35.5 Å². The van der Waals surface area contributed by atoms with Crippen LogP contribution in [-0.2, 0) is 22.5 Å². The lowest BCUT2D eigenvalue weighted by atomic mass is 10.0. The summed E-state index contributed by atoms with van der Waals surface area (Å²) in [5, 5.41) is 0. The second-order valence-electron chi connectivity index (χ2n) is 11.6. The van der Waals surface area contributed by atoms with Crippen molar-refractivity contribution in [3.8, 4) is 5.75 Å². The molecule has 0 aliphatic carbocycles. The lowest BCUT2D eigenvalue weighted by molar-refractivity contribution is -0.919. The molecule has 39 heavy (non-hydrogen) atoms. The van der Waals surface area contributed by atoms with E-state index in [4.69, 9.17) is 9.47 Å². The number of carbonyl (C=O) groups is 1. The van der Waals surface area contributed by atoms with Gasteiger partial charge in [-0.15, -0.1) is 0 Å². The van der Waals surface area contributed by atoms with Crippen molar-refractivity contribution in [3.05, 3.63) is 65.7 Å². The van der Waals surface area contributed by atoms with Gasteiger partial charge in [0.25, 0.3) is 0 Å². The Bertz CT molecular complexity index is 879. The normalized spacial score (nSPS) is 12.3. The first-order valence-corrected chi connectivity index (χ1v) is 15.7. The second-order valence-corrected chi connectivity index (χ2v) is 11.6. The largest absolute Gasteiger partial charge is 0.494 e. The van der Waals surface area contributed by atoms with Crippen molar-refractivity contribution in [3.63, 3.8) is 0 Å². The van der Waals surface area contributed by atoms with Gasteiger partial charge in [0, 0.05) is 12.0 Å². The molecule has 218 valence electrons. The number of hydrogen-bond donors (Lipinski definition) is 0. The number of unbranched alkanes of at least 4 members (excludes halogenated alkanes) is 10. The smallest absolute Gasteiger partial charge is 0.364 e. The highest BCUT2D eigenvalue weighted by Gasteiger charge is 2.34. The molecule has 2 aromatic rings. The van der Waals surface area contributed by atoms with Crippen LogP contribution in [0.5, 0.6) is 5.75 Å². The van der Waals surface area contributed by atoms with Crippen molar-refractivity contribution in [2.75, 3.05) is 27.3 Å². The van der Waals surface area contributed by atoms with Crippen LogP contribution in [0.1, 0.15) is 108 Å². The number of benzene rings is 2. The molecule has 2 aromatic carbocycles. The van der Waals surface area contributed by atoms with Crippen molar-refractivity contribution in [2.45, 2.75) is 116 Å². The number of quaternary nitrogens is 1. The van der Waals surface area contributed by atoms with E-state index in [2.05, 4.69) is 64.3 Å². The summed E-state index contributed by atoms with van der Waals surface area (Å²) < 4.78 is 12.2. The maximum atomic E-state index is 12.8. The third kappa shape index (κ3) is 14.0. The van der Waals surface area contributed by atoms with Crippen molar-refractivity contribution in [2.24, 2.45) is 0 Å². The summed E-state index contributed by atoms with van der Waals surface area (Å²) in [4.78, 5) is 12.8. The Morgan fingerprint density at radius 1 is 0.692 bits per heavy atom. The average Bonchev–Trinajstić information content (AvgIpc) is 2.93. The van der Waals surface area contributed by atoms with E-state index in [0.29, 0.717) is 17.7 Å². The van der Waals surface area contributed by atoms with E-state index >= 15 is 0 Å². The fraction of sp³-hybridized carbons (Fsp3) is 0.629. The van der Waals surface area contributed by atoms with Crippen molar-refractivity contribution in [1.82, 2.24) is 0 Å². The summed E-state index contributed by atoms with van der Waals surface area (Å²) in [5.41, 5.74) is 2.63. The summed E-state index contributed by atoms with van der Waals surface area (Å²) in [7, 11) is 4.22. The van der Waals surface area contributed by atoms with Gasteiger partial charge in [0.1, 0.15) is 12.3 Å². The molecule has 0 spiro atoms. The molecule has 0 aliphatic rings. The van der Waals surface area contributed by atoms with E-state index in [9.17, 15) is 4.79 Å². The van der Waals surface area contributed by atoms with E-state index in [1.54, 1.807) is 0 Å². The van der Waals surface area contributed by atoms with Gasteiger partial charge in [-0.25, -0.2) is 4.79 Å². The first-order chi connectivity index (χ1) is 19.0. The Hall–Kier alpha value is -2.33. The van der Waals surface area contributed by atoms with Crippen molar-refractivity contribution < 1.29 is 18.8 Å². The van der Waals surface area contributed by atoms with Crippen molar-refractivity contribution in [1.29, 1.82) is 0 Å². The van der Waals surface area contributed by atoms with E-state index in [-0.39, 0.29) is 12.0 Å². The Morgan fingerprint density at radius 2 is 1.28 bits per heavy atom. The van der Waals surface area contributed by atoms with Gasteiger partial charge in [-0.1, -0.05) is 114 Å². The van der Waals surface area contributed by atoms with Gasteiger partial charge in [0.15, 0.2) is 6.04 Å². The molecule has 1 unspecified atom stereocenters. The Morgan fingerprint density at radius 3 is 1.90 bits per heavy atom. The SMILES string of the molecule is CCCCCCCCCCCCc1ccc(OCCCCOC(=O)C(CC)[N+](C)(C)Cc2ccccc2)cc1. The quantitative estimate of drug-likeness (QED) is 0.0853. The number of aryl methyl sites for hydroxylation is 1. The van der Waals surface area contributed by atoms with Crippen LogP contribution < -0.4 is 4.74 Å². The van der Waals surface area contributed by atoms with Crippen LogP contribution in [0.4, 0.5) is 0 Å². The molecule has 0 bridgehead atoms. The summed E-state index contributed by atoms with van der Waals surface area (Å²) in [6.45, 7) is 6.23. The van der Waals surface area contributed by atoms with Gasteiger partial charge in [0.2, 0.25) is 0 Å². The lowest BCUT2D eigenvalue weighted by Gasteiger charge is -2.36. The van der Waals surface area contributed by atoms with Crippen LogP contribution in [0.15, 0.2) is 54.6 Å². The molecule has 4 heteroatoms. The van der Waals surface area contributed by atoms with Gasteiger partial charge in [-0.2, -0.15) is 0 Å². The molecule has 0 N–H and O–H groups in total.